The molecule has 0 saturated carbocycles. The third-order valence-corrected chi connectivity index (χ3v) is 1.92. The Morgan fingerprint density at radius 1 is 1.31 bits per heavy atom. The highest BCUT2D eigenvalue weighted by atomic mass is 35.5. The van der Waals surface area contributed by atoms with Gasteiger partial charge in [0.15, 0.2) is 0 Å². The van der Waals surface area contributed by atoms with Crippen LogP contribution in [0.2, 0.25) is 5.15 Å². The fraction of sp³-hybridized carbons (Fsp3) is 0.300. The van der Waals surface area contributed by atoms with Crippen molar-refractivity contribution in [3.63, 3.8) is 0 Å². The SMILES string of the molecule is FC(F)(F)c1cc(C#CCCCl)cc(Cl)n1. The Balaban J connectivity index is 3.05. The molecule has 1 heterocycles. The summed E-state index contributed by atoms with van der Waals surface area (Å²) in [6, 6.07) is 2.13. The van der Waals surface area contributed by atoms with E-state index in [9.17, 15) is 13.2 Å². The summed E-state index contributed by atoms with van der Waals surface area (Å²) >= 11 is 10.8. The first kappa shape index (κ1) is 13.1. The van der Waals surface area contributed by atoms with Crippen LogP contribution in [0.1, 0.15) is 17.7 Å². The summed E-state index contributed by atoms with van der Waals surface area (Å²) < 4.78 is 37.0. The van der Waals surface area contributed by atoms with Crippen LogP contribution in [0.25, 0.3) is 0 Å². The summed E-state index contributed by atoms with van der Waals surface area (Å²) in [4.78, 5) is 3.18. The summed E-state index contributed by atoms with van der Waals surface area (Å²) in [5.41, 5.74) is -0.868. The molecule has 0 radical (unpaired) electrons. The molecule has 0 bridgehead atoms. The first-order valence-corrected chi connectivity index (χ1v) is 5.14. The summed E-state index contributed by atoms with van der Waals surface area (Å²) in [6.45, 7) is 0. The molecule has 0 aromatic carbocycles. The van der Waals surface area contributed by atoms with Gasteiger partial charge in [-0.2, -0.15) is 13.2 Å². The van der Waals surface area contributed by atoms with Gasteiger partial charge in [-0.05, 0) is 12.1 Å². The quantitative estimate of drug-likeness (QED) is 0.429. The van der Waals surface area contributed by atoms with Crippen molar-refractivity contribution in [3.8, 4) is 11.8 Å². The van der Waals surface area contributed by atoms with E-state index in [1.165, 1.54) is 6.07 Å². The Morgan fingerprint density at radius 3 is 2.56 bits per heavy atom. The van der Waals surface area contributed by atoms with E-state index in [2.05, 4.69) is 16.8 Å². The predicted molar refractivity (Wildman–Crippen MR) is 56.5 cm³/mol. The van der Waals surface area contributed by atoms with Gasteiger partial charge in [0.05, 0.1) is 0 Å². The predicted octanol–water partition coefficient (Wildman–Crippen LogP) is 3.73. The monoisotopic (exact) mass is 267 g/mol. The van der Waals surface area contributed by atoms with E-state index >= 15 is 0 Å². The Bertz CT molecular complexity index is 432. The van der Waals surface area contributed by atoms with Gasteiger partial charge in [-0.1, -0.05) is 23.4 Å². The van der Waals surface area contributed by atoms with Gasteiger partial charge in [0, 0.05) is 17.9 Å². The molecule has 0 N–H and O–H groups in total. The fourth-order valence-electron chi connectivity index (χ4n) is 0.926. The van der Waals surface area contributed by atoms with Crippen molar-refractivity contribution < 1.29 is 13.2 Å². The molecule has 0 atom stereocenters. The van der Waals surface area contributed by atoms with Crippen molar-refractivity contribution in [2.45, 2.75) is 12.6 Å². The molecule has 0 fully saturated rings. The van der Waals surface area contributed by atoms with Crippen LogP contribution in [0.4, 0.5) is 13.2 Å². The van der Waals surface area contributed by atoms with E-state index in [0.29, 0.717) is 12.3 Å². The van der Waals surface area contributed by atoms with E-state index in [1.807, 2.05) is 0 Å². The highest BCUT2D eigenvalue weighted by Gasteiger charge is 2.33. The lowest BCUT2D eigenvalue weighted by Gasteiger charge is -2.05. The lowest BCUT2D eigenvalue weighted by Crippen LogP contribution is -2.08. The van der Waals surface area contributed by atoms with Crippen molar-refractivity contribution in [2.75, 3.05) is 5.88 Å². The molecule has 0 aliphatic heterocycles. The first-order chi connectivity index (χ1) is 7.43. The Labute approximate surface area is 101 Å². The topological polar surface area (TPSA) is 12.9 Å². The van der Waals surface area contributed by atoms with Crippen molar-refractivity contribution in [1.29, 1.82) is 0 Å². The standard InChI is InChI=1S/C10H6Cl2F3N/c11-4-2-1-3-7-5-8(10(13,14)15)16-9(12)6-7/h5-6H,2,4H2. The molecule has 0 unspecified atom stereocenters. The minimum atomic E-state index is -4.52. The zero-order valence-corrected chi connectivity index (χ0v) is 9.42. The summed E-state index contributed by atoms with van der Waals surface area (Å²) in [5, 5.41) is -0.231. The lowest BCUT2D eigenvalue weighted by atomic mass is 10.2. The molecule has 16 heavy (non-hydrogen) atoms. The summed E-state index contributed by atoms with van der Waals surface area (Å²) in [7, 11) is 0. The van der Waals surface area contributed by atoms with Crippen LogP contribution in [0.5, 0.6) is 0 Å². The highest BCUT2D eigenvalue weighted by Crippen LogP contribution is 2.29. The van der Waals surface area contributed by atoms with Crippen molar-refractivity contribution >= 4 is 23.2 Å². The zero-order chi connectivity index (χ0) is 12.2. The van der Waals surface area contributed by atoms with Crippen molar-refractivity contribution in [2.24, 2.45) is 0 Å². The molecular weight excluding hydrogens is 262 g/mol. The van der Waals surface area contributed by atoms with Crippen LogP contribution in [-0.4, -0.2) is 10.9 Å². The number of nitrogens with zero attached hydrogens (tertiary/aromatic N) is 1. The number of pyridine rings is 1. The van der Waals surface area contributed by atoms with Crippen molar-refractivity contribution in [3.05, 3.63) is 28.5 Å². The number of hydrogen-bond acceptors (Lipinski definition) is 1. The molecule has 0 aliphatic rings. The van der Waals surface area contributed by atoms with E-state index in [-0.39, 0.29) is 10.7 Å². The first-order valence-electron chi connectivity index (χ1n) is 4.23. The molecule has 1 aromatic heterocycles. The summed E-state index contributed by atoms with van der Waals surface area (Å²) in [5.74, 6) is 5.49. The molecule has 6 heteroatoms. The second-order valence-electron chi connectivity index (χ2n) is 2.80. The van der Waals surface area contributed by atoms with Gasteiger partial charge >= 0.3 is 6.18 Å². The number of aromatic nitrogens is 1. The maximum absolute atomic E-state index is 12.3. The zero-order valence-electron chi connectivity index (χ0n) is 7.91. The third-order valence-electron chi connectivity index (χ3n) is 1.54. The summed E-state index contributed by atoms with van der Waals surface area (Å²) in [6.07, 6.45) is -4.11. The van der Waals surface area contributed by atoms with Crippen LogP contribution < -0.4 is 0 Å². The molecule has 0 aliphatic carbocycles. The molecule has 86 valence electrons. The van der Waals surface area contributed by atoms with Gasteiger partial charge in [-0.3, -0.25) is 0 Å². The lowest BCUT2D eigenvalue weighted by molar-refractivity contribution is -0.141. The van der Waals surface area contributed by atoms with Gasteiger partial charge < -0.3 is 0 Å². The maximum Gasteiger partial charge on any atom is 0.433 e. The molecule has 0 saturated heterocycles. The van der Waals surface area contributed by atoms with E-state index in [4.69, 9.17) is 23.2 Å². The second kappa shape index (κ2) is 5.42. The minimum Gasteiger partial charge on any atom is -0.232 e. The number of halogens is 5. The van der Waals surface area contributed by atoms with Crippen LogP contribution in [0.3, 0.4) is 0 Å². The fourth-order valence-corrected chi connectivity index (χ4v) is 1.23. The van der Waals surface area contributed by atoms with Gasteiger partial charge in [0.25, 0.3) is 0 Å². The van der Waals surface area contributed by atoms with Gasteiger partial charge in [-0.25, -0.2) is 4.98 Å². The van der Waals surface area contributed by atoms with Crippen LogP contribution in [0.15, 0.2) is 12.1 Å². The number of rotatable bonds is 1. The maximum atomic E-state index is 12.3. The van der Waals surface area contributed by atoms with Crippen LogP contribution in [-0.2, 0) is 6.18 Å². The molecule has 1 nitrogen and oxygen atoms in total. The van der Waals surface area contributed by atoms with Gasteiger partial charge in [0.1, 0.15) is 10.8 Å². The average Bonchev–Trinajstić information content (AvgIpc) is 2.16. The van der Waals surface area contributed by atoms with Gasteiger partial charge in [0.2, 0.25) is 0 Å². The van der Waals surface area contributed by atoms with E-state index in [1.54, 1.807) is 0 Å². The van der Waals surface area contributed by atoms with Crippen LogP contribution in [0, 0.1) is 11.8 Å². The Kier molecular flexibility index (Phi) is 4.45. The van der Waals surface area contributed by atoms with E-state index < -0.39 is 11.9 Å². The molecule has 1 rings (SSSR count). The van der Waals surface area contributed by atoms with Crippen LogP contribution >= 0.6 is 23.2 Å². The largest absolute Gasteiger partial charge is 0.433 e. The number of hydrogen-bond donors (Lipinski definition) is 0. The molecular formula is C10H6Cl2F3N. The smallest absolute Gasteiger partial charge is 0.232 e. The molecule has 0 spiro atoms. The average molecular weight is 268 g/mol. The minimum absolute atomic E-state index is 0.178. The molecule has 1 aromatic rings. The number of alkyl halides is 4. The van der Waals surface area contributed by atoms with E-state index in [0.717, 1.165) is 6.07 Å². The highest BCUT2D eigenvalue weighted by molar-refractivity contribution is 6.29. The normalized spacial score (nSPS) is 10.8. The third kappa shape index (κ3) is 3.92. The van der Waals surface area contributed by atoms with Crippen molar-refractivity contribution in [1.82, 2.24) is 4.98 Å². The van der Waals surface area contributed by atoms with Gasteiger partial charge in [-0.15, -0.1) is 11.6 Å². The Morgan fingerprint density at radius 2 is 2.00 bits per heavy atom. The molecule has 0 amide bonds. The second-order valence-corrected chi connectivity index (χ2v) is 3.57. The Hall–Kier alpha value is -0.920.